The Morgan fingerprint density at radius 2 is 1.93 bits per heavy atom. The smallest absolute Gasteiger partial charge is 0.335 e. The lowest BCUT2D eigenvalue weighted by Gasteiger charge is -2.04. The van der Waals surface area contributed by atoms with Crippen LogP contribution in [0.5, 0.6) is 5.75 Å². The summed E-state index contributed by atoms with van der Waals surface area (Å²) in [6.45, 7) is -0.688. The summed E-state index contributed by atoms with van der Waals surface area (Å²) >= 11 is 0. The zero-order valence-electron chi connectivity index (χ0n) is 7.11. The molecule has 0 aliphatic heterocycles. The van der Waals surface area contributed by atoms with E-state index < -0.39 is 19.0 Å². The maximum Gasteiger partial charge on any atom is 0.335 e. The number of carbonyl (C=O) groups is 1. The fraction of sp³-hybridized carbons (Fsp3) is 0.222. The van der Waals surface area contributed by atoms with Gasteiger partial charge in [0.1, 0.15) is 12.4 Å². The molecule has 76 valence electrons. The van der Waals surface area contributed by atoms with Gasteiger partial charge >= 0.3 is 5.97 Å². The molecule has 1 aromatic carbocycles. The molecule has 0 saturated heterocycles. The van der Waals surface area contributed by atoms with Crippen LogP contribution < -0.4 is 4.74 Å². The first-order chi connectivity index (χ1) is 6.59. The summed E-state index contributed by atoms with van der Waals surface area (Å²) in [5, 5.41) is 8.53. The van der Waals surface area contributed by atoms with Crippen molar-refractivity contribution in [1.82, 2.24) is 0 Å². The number of benzene rings is 1. The molecule has 0 aliphatic rings. The molecule has 0 atom stereocenters. The van der Waals surface area contributed by atoms with Crippen LogP contribution in [0.3, 0.4) is 0 Å². The minimum atomic E-state index is -2.53. The first kappa shape index (κ1) is 10.4. The number of carboxylic acids is 1. The Morgan fingerprint density at radius 3 is 2.36 bits per heavy atom. The highest BCUT2D eigenvalue weighted by atomic mass is 19.3. The van der Waals surface area contributed by atoms with Crippen LogP contribution in [0.15, 0.2) is 24.3 Å². The number of halogens is 2. The summed E-state index contributed by atoms with van der Waals surface area (Å²) < 4.78 is 28.1. The number of rotatable bonds is 4. The summed E-state index contributed by atoms with van der Waals surface area (Å²) in [5.74, 6) is -0.833. The Balaban J connectivity index is 2.60. The van der Waals surface area contributed by atoms with Crippen molar-refractivity contribution in [2.45, 2.75) is 6.43 Å². The fourth-order valence-corrected chi connectivity index (χ4v) is 0.853. The maximum atomic E-state index is 11.7. The Kier molecular flexibility index (Phi) is 3.39. The normalized spacial score (nSPS) is 10.2. The molecule has 3 nitrogen and oxygen atoms in total. The molecular formula is C9H8F2O3. The SMILES string of the molecule is O=C(O)c1ccc(OCC(F)F)cc1. The summed E-state index contributed by atoms with van der Waals surface area (Å²) in [6, 6.07) is 5.27. The molecule has 1 aromatic rings. The lowest BCUT2D eigenvalue weighted by molar-refractivity contribution is 0.0695. The Labute approximate surface area is 78.9 Å². The van der Waals surface area contributed by atoms with Gasteiger partial charge < -0.3 is 9.84 Å². The molecule has 0 unspecified atom stereocenters. The molecule has 1 N–H and O–H groups in total. The molecule has 0 spiro atoms. The third-order valence-electron chi connectivity index (χ3n) is 1.48. The standard InChI is InChI=1S/C9H8F2O3/c10-8(11)5-14-7-3-1-6(2-4-7)9(12)13/h1-4,8H,5H2,(H,12,13). The van der Waals surface area contributed by atoms with Gasteiger partial charge in [0, 0.05) is 0 Å². The van der Waals surface area contributed by atoms with Crippen LogP contribution >= 0.6 is 0 Å². The van der Waals surface area contributed by atoms with Gasteiger partial charge in [0.2, 0.25) is 0 Å². The highest BCUT2D eigenvalue weighted by Crippen LogP contribution is 2.12. The molecule has 0 aliphatic carbocycles. The molecule has 0 saturated carbocycles. The Bertz CT molecular complexity index is 308. The van der Waals surface area contributed by atoms with E-state index in [1.54, 1.807) is 0 Å². The van der Waals surface area contributed by atoms with E-state index in [4.69, 9.17) is 5.11 Å². The van der Waals surface area contributed by atoms with Gasteiger partial charge in [-0.05, 0) is 24.3 Å². The van der Waals surface area contributed by atoms with Gasteiger partial charge in [-0.2, -0.15) is 0 Å². The summed E-state index contributed by atoms with van der Waals surface area (Å²) in [6.07, 6.45) is -2.53. The number of hydrogen-bond acceptors (Lipinski definition) is 2. The average molecular weight is 202 g/mol. The maximum absolute atomic E-state index is 11.7. The van der Waals surface area contributed by atoms with E-state index in [0.29, 0.717) is 0 Å². The molecule has 1 rings (SSSR count). The highest BCUT2D eigenvalue weighted by Gasteiger charge is 2.05. The summed E-state index contributed by atoms with van der Waals surface area (Å²) in [4.78, 5) is 10.4. The van der Waals surface area contributed by atoms with E-state index in [1.807, 2.05) is 0 Å². The van der Waals surface area contributed by atoms with Crippen molar-refractivity contribution in [2.75, 3.05) is 6.61 Å². The van der Waals surface area contributed by atoms with Gasteiger partial charge in [0.15, 0.2) is 0 Å². The fourth-order valence-electron chi connectivity index (χ4n) is 0.853. The van der Waals surface area contributed by atoms with Crippen molar-refractivity contribution >= 4 is 5.97 Å². The lowest BCUT2D eigenvalue weighted by atomic mass is 10.2. The first-order valence-electron chi connectivity index (χ1n) is 3.84. The predicted molar refractivity (Wildman–Crippen MR) is 44.9 cm³/mol. The van der Waals surface area contributed by atoms with Gasteiger partial charge in [-0.25, -0.2) is 13.6 Å². The molecule has 0 bridgehead atoms. The number of ether oxygens (including phenoxy) is 1. The summed E-state index contributed by atoms with van der Waals surface area (Å²) in [7, 11) is 0. The summed E-state index contributed by atoms with van der Waals surface area (Å²) in [5.41, 5.74) is 0.0920. The lowest BCUT2D eigenvalue weighted by Crippen LogP contribution is -2.07. The molecule has 0 aromatic heterocycles. The topological polar surface area (TPSA) is 46.5 Å². The number of carboxylic acid groups (broad SMARTS) is 1. The predicted octanol–water partition coefficient (Wildman–Crippen LogP) is 2.03. The van der Waals surface area contributed by atoms with E-state index in [9.17, 15) is 13.6 Å². The molecular weight excluding hydrogens is 194 g/mol. The minimum absolute atomic E-state index is 0.0920. The monoisotopic (exact) mass is 202 g/mol. The Hall–Kier alpha value is -1.65. The van der Waals surface area contributed by atoms with Gasteiger partial charge in [0.25, 0.3) is 6.43 Å². The van der Waals surface area contributed by atoms with E-state index in [0.717, 1.165) is 0 Å². The average Bonchev–Trinajstić information content (AvgIpc) is 2.15. The van der Waals surface area contributed by atoms with E-state index in [-0.39, 0.29) is 11.3 Å². The molecule has 14 heavy (non-hydrogen) atoms. The third kappa shape index (κ3) is 3.01. The number of hydrogen-bond donors (Lipinski definition) is 1. The van der Waals surface area contributed by atoms with Crippen molar-refractivity contribution in [2.24, 2.45) is 0 Å². The van der Waals surface area contributed by atoms with Crippen molar-refractivity contribution in [3.8, 4) is 5.75 Å². The molecule has 0 radical (unpaired) electrons. The molecule has 0 heterocycles. The van der Waals surface area contributed by atoms with Crippen LogP contribution in [0.2, 0.25) is 0 Å². The Morgan fingerprint density at radius 1 is 1.36 bits per heavy atom. The van der Waals surface area contributed by atoms with Crippen LogP contribution in [0, 0.1) is 0 Å². The van der Waals surface area contributed by atoms with Crippen LogP contribution in [-0.2, 0) is 0 Å². The molecule has 5 heteroatoms. The van der Waals surface area contributed by atoms with Gasteiger partial charge in [-0.15, -0.1) is 0 Å². The van der Waals surface area contributed by atoms with Gasteiger partial charge in [-0.1, -0.05) is 0 Å². The van der Waals surface area contributed by atoms with Crippen molar-refractivity contribution in [3.63, 3.8) is 0 Å². The van der Waals surface area contributed by atoms with Crippen LogP contribution in [0.4, 0.5) is 8.78 Å². The van der Waals surface area contributed by atoms with Crippen molar-refractivity contribution in [1.29, 1.82) is 0 Å². The quantitative estimate of drug-likeness (QED) is 0.812. The second kappa shape index (κ2) is 4.55. The second-order valence-corrected chi connectivity index (χ2v) is 2.53. The van der Waals surface area contributed by atoms with Crippen LogP contribution in [0.1, 0.15) is 10.4 Å². The van der Waals surface area contributed by atoms with E-state index in [2.05, 4.69) is 4.74 Å². The van der Waals surface area contributed by atoms with Crippen molar-refractivity contribution in [3.05, 3.63) is 29.8 Å². The largest absolute Gasteiger partial charge is 0.488 e. The van der Waals surface area contributed by atoms with E-state index >= 15 is 0 Å². The second-order valence-electron chi connectivity index (χ2n) is 2.53. The number of aromatic carboxylic acids is 1. The van der Waals surface area contributed by atoms with Crippen molar-refractivity contribution < 1.29 is 23.4 Å². The van der Waals surface area contributed by atoms with Gasteiger partial charge in [-0.3, -0.25) is 0 Å². The zero-order chi connectivity index (χ0) is 10.6. The first-order valence-corrected chi connectivity index (χ1v) is 3.84. The van der Waals surface area contributed by atoms with E-state index in [1.165, 1.54) is 24.3 Å². The van der Waals surface area contributed by atoms with Crippen LogP contribution in [0.25, 0.3) is 0 Å². The zero-order valence-corrected chi connectivity index (χ0v) is 7.11. The minimum Gasteiger partial charge on any atom is -0.488 e. The highest BCUT2D eigenvalue weighted by molar-refractivity contribution is 5.87. The third-order valence-corrected chi connectivity index (χ3v) is 1.48. The number of alkyl halides is 2. The van der Waals surface area contributed by atoms with Gasteiger partial charge in [0.05, 0.1) is 5.56 Å². The molecule has 0 amide bonds. The molecule has 0 fully saturated rings. The van der Waals surface area contributed by atoms with Crippen LogP contribution in [-0.4, -0.2) is 24.1 Å².